The van der Waals surface area contributed by atoms with Crippen molar-refractivity contribution in [2.45, 2.75) is 19.9 Å². The lowest BCUT2D eigenvalue weighted by Gasteiger charge is -2.14. The van der Waals surface area contributed by atoms with Crippen molar-refractivity contribution in [2.24, 2.45) is 5.10 Å². The number of hydrogen-bond donors (Lipinski definition) is 3. The Morgan fingerprint density at radius 1 is 1.27 bits per heavy atom. The third kappa shape index (κ3) is 5.41. The Hall–Kier alpha value is -3.22. The molecule has 1 amide bonds. The number of aromatic hydroxyl groups is 1. The highest BCUT2D eigenvalue weighted by atomic mass is 16.5. The van der Waals surface area contributed by atoms with Crippen LogP contribution in [0, 0.1) is 0 Å². The molecule has 2 aromatic carbocycles. The fraction of sp³-hybridized carbons (Fsp3) is 0.263. The fourth-order valence-corrected chi connectivity index (χ4v) is 2.17. The summed E-state index contributed by atoms with van der Waals surface area (Å²) in [6.45, 7) is 4.27. The van der Waals surface area contributed by atoms with Crippen molar-refractivity contribution in [1.82, 2.24) is 5.43 Å². The number of phenols is 1. The summed E-state index contributed by atoms with van der Waals surface area (Å²) in [6.07, 6.45) is 1.48. The monoisotopic (exact) mass is 357 g/mol. The van der Waals surface area contributed by atoms with Crippen molar-refractivity contribution in [2.75, 3.05) is 19.0 Å². The second-order valence-electron chi connectivity index (χ2n) is 5.49. The van der Waals surface area contributed by atoms with Crippen molar-refractivity contribution < 1.29 is 19.4 Å². The van der Waals surface area contributed by atoms with Crippen LogP contribution < -0.4 is 20.2 Å². The second-order valence-corrected chi connectivity index (χ2v) is 5.49. The number of nitrogens with one attached hydrogen (secondary N) is 2. The molecule has 1 unspecified atom stereocenters. The molecule has 0 aliphatic carbocycles. The van der Waals surface area contributed by atoms with E-state index in [4.69, 9.17) is 9.47 Å². The van der Waals surface area contributed by atoms with Crippen LogP contribution in [-0.4, -0.2) is 37.0 Å². The third-order valence-corrected chi connectivity index (χ3v) is 3.53. The van der Waals surface area contributed by atoms with Gasteiger partial charge < -0.3 is 19.9 Å². The lowest BCUT2D eigenvalue weighted by molar-refractivity contribution is -0.121. The number of carbonyl (C=O) groups is 1. The Labute approximate surface area is 152 Å². The summed E-state index contributed by atoms with van der Waals surface area (Å²) >= 11 is 0. The van der Waals surface area contributed by atoms with Crippen molar-refractivity contribution >= 4 is 17.8 Å². The molecule has 1 atom stereocenters. The minimum atomic E-state index is -0.473. The second kappa shape index (κ2) is 9.31. The summed E-state index contributed by atoms with van der Waals surface area (Å²) in [4.78, 5) is 12.1. The maximum absolute atomic E-state index is 12.1. The van der Waals surface area contributed by atoms with Crippen LogP contribution in [0.3, 0.4) is 0 Å². The van der Waals surface area contributed by atoms with E-state index < -0.39 is 6.04 Å². The van der Waals surface area contributed by atoms with Gasteiger partial charge in [0.15, 0.2) is 11.5 Å². The minimum Gasteiger partial charge on any atom is -0.504 e. The molecule has 3 N–H and O–H groups in total. The van der Waals surface area contributed by atoms with Gasteiger partial charge in [-0.3, -0.25) is 4.79 Å². The van der Waals surface area contributed by atoms with E-state index in [2.05, 4.69) is 15.8 Å². The number of methoxy groups -OCH3 is 1. The zero-order valence-electron chi connectivity index (χ0n) is 15.0. The number of hydrazone groups is 1. The van der Waals surface area contributed by atoms with Crippen LogP contribution in [0.1, 0.15) is 19.4 Å². The highest BCUT2D eigenvalue weighted by molar-refractivity contribution is 5.86. The number of benzene rings is 2. The molecular formula is C19H23N3O4. The third-order valence-electron chi connectivity index (χ3n) is 3.53. The minimum absolute atomic E-state index is 0.0434. The quantitative estimate of drug-likeness (QED) is 0.499. The van der Waals surface area contributed by atoms with Crippen LogP contribution in [0.5, 0.6) is 17.2 Å². The highest BCUT2D eigenvalue weighted by Crippen LogP contribution is 2.25. The van der Waals surface area contributed by atoms with Crippen LogP contribution in [0.15, 0.2) is 47.6 Å². The largest absolute Gasteiger partial charge is 0.504 e. The number of amides is 1. The molecule has 2 aromatic rings. The first-order valence-corrected chi connectivity index (χ1v) is 8.22. The molecule has 0 saturated heterocycles. The summed E-state index contributed by atoms with van der Waals surface area (Å²) in [5, 5.41) is 16.6. The van der Waals surface area contributed by atoms with E-state index in [-0.39, 0.29) is 11.7 Å². The number of anilines is 1. The molecule has 0 radical (unpaired) electrons. The van der Waals surface area contributed by atoms with Gasteiger partial charge in [0.05, 0.1) is 19.9 Å². The maximum atomic E-state index is 12.1. The summed E-state index contributed by atoms with van der Waals surface area (Å²) in [5.41, 5.74) is 3.97. The van der Waals surface area contributed by atoms with Crippen molar-refractivity contribution in [1.29, 1.82) is 0 Å². The predicted molar refractivity (Wildman–Crippen MR) is 101 cm³/mol. The number of nitrogens with zero attached hydrogens (tertiary/aromatic N) is 1. The summed E-state index contributed by atoms with van der Waals surface area (Å²) in [6, 6.07) is 11.7. The molecule has 26 heavy (non-hydrogen) atoms. The molecular weight excluding hydrogens is 334 g/mol. The number of phenolic OH excluding ortho intramolecular Hbond substituents is 1. The van der Waals surface area contributed by atoms with Crippen molar-refractivity contribution in [3.63, 3.8) is 0 Å². The topological polar surface area (TPSA) is 92.2 Å². The zero-order chi connectivity index (χ0) is 18.9. The molecule has 0 heterocycles. The lowest BCUT2D eigenvalue weighted by atomic mass is 10.2. The predicted octanol–water partition coefficient (Wildman–Crippen LogP) is 2.75. The number of rotatable bonds is 8. The van der Waals surface area contributed by atoms with Gasteiger partial charge in [-0.15, -0.1) is 0 Å². The SMILES string of the molecule is CCOc1ccc(NC(C)C(=O)N/N=C/c2ccc(O)c(OC)c2)cc1. The van der Waals surface area contributed by atoms with E-state index in [1.165, 1.54) is 19.4 Å². The fourth-order valence-electron chi connectivity index (χ4n) is 2.17. The molecule has 0 saturated carbocycles. The molecule has 0 aliphatic rings. The Morgan fingerprint density at radius 2 is 2.00 bits per heavy atom. The van der Waals surface area contributed by atoms with Crippen LogP contribution in [0.25, 0.3) is 0 Å². The first-order chi connectivity index (χ1) is 12.5. The van der Waals surface area contributed by atoms with Crippen LogP contribution in [0.2, 0.25) is 0 Å². The van der Waals surface area contributed by atoms with Crippen molar-refractivity contribution in [3.8, 4) is 17.2 Å². The molecule has 138 valence electrons. The standard InChI is InChI=1S/C19H23N3O4/c1-4-26-16-8-6-15(7-9-16)21-13(2)19(24)22-20-12-14-5-10-17(23)18(11-14)25-3/h5-13,21,23H,4H2,1-3H3,(H,22,24)/b20-12+. The van der Waals surface area contributed by atoms with E-state index in [0.29, 0.717) is 17.9 Å². The lowest BCUT2D eigenvalue weighted by Crippen LogP contribution is -2.34. The highest BCUT2D eigenvalue weighted by Gasteiger charge is 2.11. The van der Waals surface area contributed by atoms with E-state index in [0.717, 1.165) is 11.4 Å². The molecule has 7 nitrogen and oxygen atoms in total. The Morgan fingerprint density at radius 3 is 2.65 bits per heavy atom. The first-order valence-electron chi connectivity index (χ1n) is 8.22. The van der Waals surface area contributed by atoms with Gasteiger partial charge in [-0.1, -0.05) is 0 Å². The molecule has 2 rings (SSSR count). The molecule has 0 fully saturated rings. The zero-order valence-corrected chi connectivity index (χ0v) is 15.0. The van der Waals surface area contributed by atoms with Gasteiger partial charge >= 0.3 is 0 Å². The van der Waals surface area contributed by atoms with E-state index >= 15 is 0 Å². The number of ether oxygens (including phenoxy) is 2. The summed E-state index contributed by atoms with van der Waals surface area (Å²) in [7, 11) is 1.46. The van der Waals surface area contributed by atoms with Gasteiger partial charge in [0.1, 0.15) is 11.8 Å². The summed E-state index contributed by atoms with van der Waals surface area (Å²) in [5.74, 6) is 0.887. The Balaban J connectivity index is 1.88. The molecule has 0 bridgehead atoms. The van der Waals surface area contributed by atoms with Gasteiger partial charge in [-0.05, 0) is 61.9 Å². The Bertz CT molecular complexity index is 760. The summed E-state index contributed by atoms with van der Waals surface area (Å²) < 4.78 is 10.4. The van der Waals surface area contributed by atoms with Gasteiger partial charge in [0.25, 0.3) is 5.91 Å². The molecule has 0 aromatic heterocycles. The molecule has 0 spiro atoms. The van der Waals surface area contributed by atoms with Crippen LogP contribution in [-0.2, 0) is 4.79 Å². The first kappa shape index (κ1) is 19.1. The van der Waals surface area contributed by atoms with E-state index in [1.807, 2.05) is 31.2 Å². The van der Waals surface area contributed by atoms with Gasteiger partial charge in [-0.25, -0.2) is 5.43 Å². The number of hydrogen-bond acceptors (Lipinski definition) is 6. The molecule has 7 heteroatoms. The normalized spacial score (nSPS) is 11.8. The van der Waals surface area contributed by atoms with E-state index in [9.17, 15) is 9.90 Å². The average molecular weight is 357 g/mol. The smallest absolute Gasteiger partial charge is 0.262 e. The Kier molecular flexibility index (Phi) is 6.84. The van der Waals surface area contributed by atoms with E-state index in [1.54, 1.807) is 19.1 Å². The average Bonchev–Trinajstić information content (AvgIpc) is 2.64. The van der Waals surface area contributed by atoms with Crippen LogP contribution in [0.4, 0.5) is 5.69 Å². The molecule has 0 aliphatic heterocycles. The van der Waals surface area contributed by atoms with Gasteiger partial charge in [0.2, 0.25) is 0 Å². The van der Waals surface area contributed by atoms with Crippen molar-refractivity contribution in [3.05, 3.63) is 48.0 Å². The van der Waals surface area contributed by atoms with Crippen LogP contribution >= 0.6 is 0 Å². The van der Waals surface area contributed by atoms with Gasteiger partial charge in [-0.2, -0.15) is 5.10 Å². The number of carbonyl (C=O) groups excluding carboxylic acids is 1. The maximum Gasteiger partial charge on any atom is 0.262 e. The van der Waals surface area contributed by atoms with Gasteiger partial charge in [0, 0.05) is 5.69 Å².